The first-order chi connectivity index (χ1) is 34.7. The molecule has 0 spiro atoms. The van der Waals surface area contributed by atoms with Gasteiger partial charge >= 0.3 is 0 Å². The van der Waals surface area contributed by atoms with E-state index < -0.39 is 5.41 Å². The molecule has 326 valence electrons. The number of rotatable bonds is 6. The fraction of sp³-hybridized carbons (Fsp3) is 0.0156. The molecule has 0 saturated carbocycles. The molecule has 0 fully saturated rings. The summed E-state index contributed by atoms with van der Waals surface area (Å²) in [6.07, 6.45) is 0. The normalized spacial score (nSPS) is 13.0. The van der Waals surface area contributed by atoms with Gasteiger partial charge in [-0.25, -0.2) is 4.98 Å². The number of aromatic nitrogens is 5. The Morgan fingerprint density at radius 2 is 0.957 bits per heavy atom. The first-order valence-corrected chi connectivity index (χ1v) is 23.8. The van der Waals surface area contributed by atoms with Crippen LogP contribution in [0.25, 0.3) is 116 Å². The van der Waals surface area contributed by atoms with Crippen molar-refractivity contribution in [2.24, 2.45) is 0 Å². The zero-order valence-corrected chi connectivity index (χ0v) is 37.6. The predicted molar refractivity (Wildman–Crippen MR) is 284 cm³/mol. The number of H-pyrrole nitrogens is 1. The second-order valence-electron chi connectivity index (χ2n) is 18.4. The van der Waals surface area contributed by atoms with Crippen LogP contribution < -0.4 is 0 Å². The minimum Gasteiger partial charge on any atom is -0.456 e. The second kappa shape index (κ2) is 14.8. The number of furan rings is 1. The van der Waals surface area contributed by atoms with Gasteiger partial charge < -0.3 is 9.40 Å². The van der Waals surface area contributed by atoms with Gasteiger partial charge in [0.15, 0.2) is 11.6 Å². The number of nitrogens with one attached hydrogen (secondary N) is 1. The summed E-state index contributed by atoms with van der Waals surface area (Å²) in [6.45, 7) is 0. The Balaban J connectivity index is 1.03. The molecule has 6 heteroatoms. The summed E-state index contributed by atoms with van der Waals surface area (Å²) in [6, 6.07) is 82.1. The van der Waals surface area contributed by atoms with Gasteiger partial charge in [0.25, 0.3) is 0 Å². The molecule has 0 aliphatic heterocycles. The molecule has 0 atom stereocenters. The highest BCUT2D eigenvalue weighted by Crippen LogP contribution is 2.56. The summed E-state index contributed by atoms with van der Waals surface area (Å²) >= 11 is 0. The predicted octanol–water partition coefficient (Wildman–Crippen LogP) is 15.9. The minimum atomic E-state index is -0.957. The second-order valence-corrected chi connectivity index (χ2v) is 18.4. The van der Waals surface area contributed by atoms with E-state index in [2.05, 4.69) is 228 Å². The van der Waals surface area contributed by atoms with Crippen LogP contribution in [0.3, 0.4) is 0 Å². The quantitative estimate of drug-likeness (QED) is 0.180. The molecule has 1 aliphatic carbocycles. The molecule has 10 aromatic carbocycles. The third-order valence-corrected chi connectivity index (χ3v) is 14.7. The highest BCUT2D eigenvalue weighted by molar-refractivity contribution is 6.11. The lowest BCUT2D eigenvalue weighted by Gasteiger charge is -2.32. The average Bonchev–Trinajstić information content (AvgIpc) is 4.17. The van der Waals surface area contributed by atoms with Crippen molar-refractivity contribution in [2.75, 3.05) is 0 Å². The molecular weight excluding hydrogens is 855 g/mol. The van der Waals surface area contributed by atoms with E-state index in [-0.39, 0.29) is 0 Å². The van der Waals surface area contributed by atoms with Gasteiger partial charge in [-0.05, 0) is 92.5 Å². The van der Waals surface area contributed by atoms with E-state index in [9.17, 15) is 0 Å². The van der Waals surface area contributed by atoms with Crippen molar-refractivity contribution >= 4 is 65.6 Å². The molecule has 0 bridgehead atoms. The standard InChI is InChI=1S/C64H39N5O/c1-2-14-39(15-3-1)40-26-28-41(29-27-40)42-30-34-50-49-19-7-12-24-57(49)69(58(50)37-42)63-67-61(43-31-33-48-47-18-6-11-23-55(47)65-56(48)36-43)66-62(68-63)64(53-21-9-4-16-45(53)46-17-5-10-22-54(46)64)44-32-35-60-52(38-44)51-20-8-13-25-59(51)70-60/h1-38,65H. The van der Waals surface area contributed by atoms with Crippen LogP contribution in [0, 0.1) is 0 Å². The number of hydrogen-bond acceptors (Lipinski definition) is 4. The van der Waals surface area contributed by atoms with E-state index in [1.807, 2.05) is 12.1 Å². The van der Waals surface area contributed by atoms with E-state index in [4.69, 9.17) is 19.4 Å². The van der Waals surface area contributed by atoms with E-state index in [0.29, 0.717) is 17.6 Å². The number of nitrogens with zero attached hydrogens (tertiary/aromatic N) is 4. The average molecular weight is 894 g/mol. The van der Waals surface area contributed by atoms with E-state index >= 15 is 0 Å². The molecule has 1 aliphatic rings. The monoisotopic (exact) mass is 893 g/mol. The van der Waals surface area contributed by atoms with Gasteiger partial charge in [-0.1, -0.05) is 188 Å². The number of hydrogen-bond donors (Lipinski definition) is 1. The molecule has 15 rings (SSSR count). The van der Waals surface area contributed by atoms with E-state index in [0.717, 1.165) is 105 Å². The van der Waals surface area contributed by atoms with Crippen molar-refractivity contribution in [3.8, 4) is 50.7 Å². The van der Waals surface area contributed by atoms with Crippen molar-refractivity contribution in [3.63, 3.8) is 0 Å². The lowest BCUT2D eigenvalue weighted by atomic mass is 9.71. The number of para-hydroxylation sites is 3. The fourth-order valence-electron chi connectivity index (χ4n) is 11.5. The Hall–Kier alpha value is -9.39. The van der Waals surface area contributed by atoms with Crippen molar-refractivity contribution in [3.05, 3.63) is 253 Å². The van der Waals surface area contributed by atoms with Crippen LogP contribution in [0.1, 0.15) is 22.5 Å². The number of fused-ring (bicyclic) bond motifs is 12. The first-order valence-electron chi connectivity index (χ1n) is 23.8. The maximum absolute atomic E-state index is 6.45. The molecule has 4 heterocycles. The Labute approximate surface area is 401 Å². The third-order valence-electron chi connectivity index (χ3n) is 14.7. The van der Waals surface area contributed by atoms with Crippen molar-refractivity contribution < 1.29 is 4.42 Å². The summed E-state index contributed by atoms with van der Waals surface area (Å²) < 4.78 is 8.70. The van der Waals surface area contributed by atoms with Crippen LogP contribution in [0.2, 0.25) is 0 Å². The fourth-order valence-corrected chi connectivity index (χ4v) is 11.5. The first kappa shape index (κ1) is 38.7. The molecule has 70 heavy (non-hydrogen) atoms. The van der Waals surface area contributed by atoms with Gasteiger partial charge in [-0.3, -0.25) is 4.57 Å². The van der Waals surface area contributed by atoms with E-state index in [1.165, 1.54) is 16.5 Å². The van der Waals surface area contributed by atoms with Crippen molar-refractivity contribution in [1.82, 2.24) is 24.5 Å². The van der Waals surface area contributed by atoms with Gasteiger partial charge in [0, 0.05) is 48.9 Å². The molecule has 0 amide bonds. The summed E-state index contributed by atoms with van der Waals surface area (Å²) in [7, 11) is 0. The summed E-state index contributed by atoms with van der Waals surface area (Å²) in [4.78, 5) is 20.8. The Morgan fingerprint density at radius 1 is 0.371 bits per heavy atom. The molecule has 14 aromatic rings. The van der Waals surface area contributed by atoms with Crippen LogP contribution in [0.15, 0.2) is 235 Å². The Kier molecular flexibility index (Phi) is 8.18. The molecule has 1 N–H and O–H groups in total. The largest absolute Gasteiger partial charge is 0.456 e. The lowest BCUT2D eigenvalue weighted by Crippen LogP contribution is -2.32. The van der Waals surface area contributed by atoms with Gasteiger partial charge in [-0.15, -0.1) is 0 Å². The summed E-state index contributed by atoms with van der Waals surface area (Å²) in [5.41, 5.74) is 15.9. The lowest BCUT2D eigenvalue weighted by molar-refractivity contribution is 0.665. The Bertz CT molecular complexity index is 4380. The molecule has 0 saturated heterocycles. The molecule has 6 nitrogen and oxygen atoms in total. The van der Waals surface area contributed by atoms with Crippen LogP contribution in [-0.2, 0) is 5.41 Å². The smallest absolute Gasteiger partial charge is 0.238 e. The summed E-state index contributed by atoms with van der Waals surface area (Å²) in [5.74, 6) is 1.75. The Morgan fingerprint density at radius 3 is 1.77 bits per heavy atom. The van der Waals surface area contributed by atoms with Crippen molar-refractivity contribution in [2.45, 2.75) is 5.41 Å². The maximum Gasteiger partial charge on any atom is 0.238 e. The SMILES string of the molecule is c1ccc(-c2ccc(-c3ccc4c5ccccc5n(-c5nc(-c6ccc7c(c6)[nH]c6ccccc67)nc(C6(c7ccc8oc9ccccc9c8c7)c7ccccc7-c7ccccc76)n5)c4c3)cc2)cc1. The van der Waals surface area contributed by atoms with Crippen LogP contribution >= 0.6 is 0 Å². The molecule has 0 radical (unpaired) electrons. The zero-order valence-electron chi connectivity index (χ0n) is 37.6. The maximum atomic E-state index is 6.45. The number of aromatic amines is 1. The molecular formula is C64H39N5O. The number of benzene rings is 10. The van der Waals surface area contributed by atoms with Crippen molar-refractivity contribution in [1.29, 1.82) is 0 Å². The minimum absolute atomic E-state index is 0.538. The third kappa shape index (κ3) is 5.59. The van der Waals surface area contributed by atoms with Crippen LogP contribution in [0.4, 0.5) is 0 Å². The highest BCUT2D eigenvalue weighted by atomic mass is 16.3. The van der Waals surface area contributed by atoms with Crippen LogP contribution in [-0.4, -0.2) is 24.5 Å². The molecule has 4 aromatic heterocycles. The molecule has 0 unspecified atom stereocenters. The van der Waals surface area contributed by atoms with E-state index in [1.54, 1.807) is 0 Å². The van der Waals surface area contributed by atoms with Gasteiger partial charge in [0.2, 0.25) is 5.95 Å². The highest BCUT2D eigenvalue weighted by Gasteiger charge is 2.49. The van der Waals surface area contributed by atoms with Crippen LogP contribution in [0.5, 0.6) is 0 Å². The topological polar surface area (TPSA) is 72.5 Å². The summed E-state index contributed by atoms with van der Waals surface area (Å²) in [5, 5.41) is 6.67. The van der Waals surface area contributed by atoms with Gasteiger partial charge in [-0.2, -0.15) is 9.97 Å². The zero-order chi connectivity index (χ0) is 45.9. The van der Waals surface area contributed by atoms with Gasteiger partial charge in [0.05, 0.1) is 11.0 Å². The van der Waals surface area contributed by atoms with Gasteiger partial charge in [0.1, 0.15) is 16.6 Å².